The molecular formula is C20H21Cl2N3O4S2. The van der Waals surface area contributed by atoms with Crippen LogP contribution in [0.4, 0.5) is 0 Å². The van der Waals surface area contributed by atoms with Crippen LogP contribution in [0, 0.1) is 0 Å². The van der Waals surface area contributed by atoms with Crippen LogP contribution in [0.15, 0.2) is 34.5 Å². The standard InChI is InChI=1S/C20H21Cl2N3O4S2/c1-12(19(27)28)17-10-30-20(24-17)31-11-18(26)23-7-14-9-25(4-5-29-14)8-13-2-3-15(21)16(22)6-13/h2-3,6,10,14H,1,4-5,7-9,11H2,(H,23,26)(H,27,28)/t14-/m0/s1. The van der Waals surface area contributed by atoms with Crippen molar-refractivity contribution in [3.8, 4) is 0 Å². The zero-order chi connectivity index (χ0) is 22.4. The average Bonchev–Trinajstić information content (AvgIpc) is 3.22. The molecule has 1 saturated heterocycles. The van der Waals surface area contributed by atoms with Crippen molar-refractivity contribution in [2.24, 2.45) is 0 Å². The minimum atomic E-state index is -1.11. The maximum atomic E-state index is 12.2. The summed E-state index contributed by atoms with van der Waals surface area (Å²) in [4.78, 5) is 29.6. The monoisotopic (exact) mass is 501 g/mol. The van der Waals surface area contributed by atoms with Crippen LogP contribution in [-0.4, -0.2) is 65.0 Å². The Kier molecular flexibility index (Phi) is 8.76. The third kappa shape index (κ3) is 7.20. The van der Waals surface area contributed by atoms with Crippen LogP contribution < -0.4 is 5.32 Å². The maximum Gasteiger partial charge on any atom is 0.337 e. The molecule has 2 N–H and O–H groups in total. The largest absolute Gasteiger partial charge is 0.478 e. The Morgan fingerprint density at radius 1 is 1.39 bits per heavy atom. The Balaban J connectivity index is 1.41. The minimum absolute atomic E-state index is 0.0626. The van der Waals surface area contributed by atoms with Crippen LogP contribution in [-0.2, 0) is 20.9 Å². The molecule has 0 bridgehead atoms. The fourth-order valence-electron chi connectivity index (χ4n) is 2.92. The summed E-state index contributed by atoms with van der Waals surface area (Å²) in [7, 11) is 0. The van der Waals surface area contributed by atoms with Crippen molar-refractivity contribution in [3.63, 3.8) is 0 Å². The number of thioether (sulfide) groups is 1. The fourth-order valence-corrected chi connectivity index (χ4v) is 4.91. The van der Waals surface area contributed by atoms with Gasteiger partial charge in [0, 0.05) is 31.6 Å². The van der Waals surface area contributed by atoms with E-state index in [2.05, 4.69) is 21.8 Å². The van der Waals surface area contributed by atoms with E-state index in [1.54, 1.807) is 11.4 Å². The van der Waals surface area contributed by atoms with Gasteiger partial charge in [-0.2, -0.15) is 0 Å². The van der Waals surface area contributed by atoms with Gasteiger partial charge in [0.05, 0.1) is 39.8 Å². The van der Waals surface area contributed by atoms with Crippen LogP contribution >= 0.6 is 46.3 Å². The van der Waals surface area contributed by atoms with E-state index in [1.807, 2.05) is 12.1 Å². The van der Waals surface area contributed by atoms with Crippen molar-refractivity contribution in [1.82, 2.24) is 15.2 Å². The summed E-state index contributed by atoms with van der Waals surface area (Å²) in [6.45, 7) is 6.71. The van der Waals surface area contributed by atoms with Gasteiger partial charge in [0.25, 0.3) is 0 Å². The van der Waals surface area contributed by atoms with Gasteiger partial charge in [-0.3, -0.25) is 9.69 Å². The van der Waals surface area contributed by atoms with Gasteiger partial charge in [-0.15, -0.1) is 11.3 Å². The lowest BCUT2D eigenvalue weighted by Gasteiger charge is -2.33. The molecule has 0 spiro atoms. The van der Waals surface area contributed by atoms with Gasteiger partial charge in [0.2, 0.25) is 5.91 Å². The SMILES string of the molecule is C=C(C(=O)O)c1csc(SCC(=O)NC[C@H]2CN(Cc3ccc(Cl)c(Cl)c3)CCO2)n1. The Hall–Kier alpha value is -1.62. The van der Waals surface area contributed by atoms with Crippen LogP contribution in [0.25, 0.3) is 5.57 Å². The topological polar surface area (TPSA) is 91.8 Å². The number of aliphatic carboxylic acids is 1. The number of ether oxygens (including phenoxy) is 1. The second-order valence-electron chi connectivity index (χ2n) is 6.85. The maximum absolute atomic E-state index is 12.2. The molecule has 0 aliphatic carbocycles. The summed E-state index contributed by atoms with van der Waals surface area (Å²) in [5.41, 5.74) is 1.33. The number of hydrogen-bond acceptors (Lipinski definition) is 7. The van der Waals surface area contributed by atoms with E-state index in [9.17, 15) is 9.59 Å². The number of hydrogen-bond donors (Lipinski definition) is 2. The predicted octanol–water partition coefficient (Wildman–Crippen LogP) is 3.66. The molecule has 1 atom stereocenters. The molecule has 1 aliphatic heterocycles. The Labute approximate surface area is 198 Å². The highest BCUT2D eigenvalue weighted by molar-refractivity contribution is 8.01. The van der Waals surface area contributed by atoms with Crippen LogP contribution in [0.5, 0.6) is 0 Å². The van der Waals surface area contributed by atoms with Gasteiger partial charge < -0.3 is 15.2 Å². The molecule has 31 heavy (non-hydrogen) atoms. The molecule has 0 saturated carbocycles. The van der Waals surface area contributed by atoms with Gasteiger partial charge in [-0.1, -0.05) is 47.6 Å². The first-order valence-corrected chi connectivity index (χ1v) is 12.0. The van der Waals surface area contributed by atoms with E-state index in [1.165, 1.54) is 23.1 Å². The molecule has 11 heteroatoms. The predicted molar refractivity (Wildman–Crippen MR) is 124 cm³/mol. The van der Waals surface area contributed by atoms with Crippen molar-refractivity contribution >= 4 is 63.8 Å². The van der Waals surface area contributed by atoms with Crippen LogP contribution in [0.1, 0.15) is 11.3 Å². The number of nitrogens with one attached hydrogen (secondary N) is 1. The number of carboxylic acids is 1. The first-order valence-electron chi connectivity index (χ1n) is 9.37. The average molecular weight is 502 g/mol. The fraction of sp³-hybridized carbons (Fsp3) is 0.350. The number of thiazole rings is 1. The van der Waals surface area contributed by atoms with Gasteiger partial charge in [-0.05, 0) is 17.7 Å². The number of halogens is 2. The first-order chi connectivity index (χ1) is 14.8. The summed E-state index contributed by atoms with van der Waals surface area (Å²) in [6, 6.07) is 5.61. The summed E-state index contributed by atoms with van der Waals surface area (Å²) < 4.78 is 6.39. The van der Waals surface area contributed by atoms with E-state index in [4.69, 9.17) is 33.0 Å². The third-order valence-corrected chi connectivity index (χ3v) is 7.28. The Bertz CT molecular complexity index is 970. The molecule has 3 rings (SSSR count). The van der Waals surface area contributed by atoms with Crippen molar-refractivity contribution in [3.05, 3.63) is 51.5 Å². The number of carbonyl (C=O) groups is 2. The van der Waals surface area contributed by atoms with Gasteiger partial charge in [-0.25, -0.2) is 9.78 Å². The number of nitrogens with zero attached hydrogens (tertiary/aromatic N) is 2. The quantitative estimate of drug-likeness (QED) is 0.400. The van der Waals surface area contributed by atoms with Crippen molar-refractivity contribution in [2.45, 2.75) is 17.0 Å². The Morgan fingerprint density at radius 2 is 2.19 bits per heavy atom. The van der Waals surface area contributed by atoms with Crippen LogP contribution in [0.3, 0.4) is 0 Å². The molecule has 1 aliphatic rings. The Morgan fingerprint density at radius 3 is 2.94 bits per heavy atom. The number of benzene rings is 1. The lowest BCUT2D eigenvalue weighted by Crippen LogP contribution is -2.47. The second kappa shape index (κ2) is 11.3. The van der Waals surface area contributed by atoms with Gasteiger partial charge in [0.15, 0.2) is 4.34 Å². The molecule has 1 aromatic heterocycles. The van der Waals surface area contributed by atoms with Gasteiger partial charge in [0.1, 0.15) is 0 Å². The highest BCUT2D eigenvalue weighted by Crippen LogP contribution is 2.26. The number of amides is 1. The number of carboxylic acid groups (broad SMARTS) is 1. The van der Waals surface area contributed by atoms with E-state index in [-0.39, 0.29) is 23.3 Å². The summed E-state index contributed by atoms with van der Waals surface area (Å²) in [5, 5.41) is 14.5. The lowest BCUT2D eigenvalue weighted by atomic mass is 10.2. The summed E-state index contributed by atoms with van der Waals surface area (Å²) in [6.07, 6.45) is -0.101. The smallest absolute Gasteiger partial charge is 0.337 e. The van der Waals surface area contributed by atoms with Crippen molar-refractivity contribution in [1.29, 1.82) is 0 Å². The van der Waals surface area contributed by atoms with Gasteiger partial charge >= 0.3 is 5.97 Å². The molecule has 1 amide bonds. The highest BCUT2D eigenvalue weighted by Gasteiger charge is 2.21. The number of aromatic nitrogens is 1. The van der Waals surface area contributed by atoms with E-state index in [0.717, 1.165) is 18.7 Å². The third-order valence-electron chi connectivity index (χ3n) is 4.52. The van der Waals surface area contributed by atoms with Crippen molar-refractivity contribution < 1.29 is 19.4 Å². The molecule has 0 unspecified atom stereocenters. The van der Waals surface area contributed by atoms with E-state index >= 15 is 0 Å². The molecule has 7 nitrogen and oxygen atoms in total. The van der Waals surface area contributed by atoms with E-state index in [0.29, 0.717) is 39.8 Å². The number of carbonyl (C=O) groups excluding carboxylic acids is 1. The summed E-state index contributed by atoms with van der Waals surface area (Å²) >= 11 is 14.6. The highest BCUT2D eigenvalue weighted by atomic mass is 35.5. The lowest BCUT2D eigenvalue weighted by molar-refractivity contribution is -0.130. The molecule has 2 aromatic rings. The second-order valence-corrected chi connectivity index (χ2v) is 9.75. The molecule has 166 valence electrons. The normalized spacial score (nSPS) is 16.8. The number of rotatable bonds is 9. The molecule has 0 radical (unpaired) electrons. The van der Waals surface area contributed by atoms with Crippen molar-refractivity contribution in [2.75, 3.05) is 32.0 Å². The van der Waals surface area contributed by atoms with E-state index < -0.39 is 5.97 Å². The molecule has 1 fully saturated rings. The summed E-state index contributed by atoms with van der Waals surface area (Å²) in [5.74, 6) is -1.06. The molecule has 2 heterocycles. The number of morpholine rings is 1. The van der Waals surface area contributed by atoms with Crippen LogP contribution in [0.2, 0.25) is 10.0 Å². The molecular weight excluding hydrogens is 481 g/mol. The molecule has 1 aromatic carbocycles. The minimum Gasteiger partial charge on any atom is -0.478 e. The zero-order valence-corrected chi connectivity index (χ0v) is 19.6. The zero-order valence-electron chi connectivity index (χ0n) is 16.5. The first kappa shape index (κ1) is 24.0.